The first-order valence-electron chi connectivity index (χ1n) is 12.5. The van der Waals surface area contributed by atoms with E-state index in [1.165, 1.54) is 19.2 Å². The Hall–Kier alpha value is -3.13. The molecule has 190 valence electrons. The molecule has 1 heterocycles. The zero-order valence-corrected chi connectivity index (χ0v) is 21.1. The van der Waals surface area contributed by atoms with Gasteiger partial charge < -0.3 is 9.52 Å². The fourth-order valence-corrected chi connectivity index (χ4v) is 6.40. The summed E-state index contributed by atoms with van der Waals surface area (Å²) in [6, 6.07) is 11.7. The highest BCUT2D eigenvalue weighted by Crippen LogP contribution is 2.49. The lowest BCUT2D eigenvalue weighted by Gasteiger charge is -2.24. The van der Waals surface area contributed by atoms with Crippen LogP contribution in [0.15, 0.2) is 62.6 Å². The van der Waals surface area contributed by atoms with Crippen LogP contribution in [0.25, 0.3) is 0 Å². The smallest absolute Gasteiger partial charge is 0.343 e. The van der Waals surface area contributed by atoms with Crippen LogP contribution in [0.4, 0.5) is 10.1 Å². The molecule has 3 aromatic rings. The van der Waals surface area contributed by atoms with Crippen molar-refractivity contribution in [2.75, 3.05) is 11.4 Å². The Bertz CT molecular complexity index is 1430. The fraction of sp³-hybridized carbons (Fsp3) is 0.393. The minimum atomic E-state index is -3.92. The number of fused-ring (bicyclic) bond motifs is 1. The van der Waals surface area contributed by atoms with Gasteiger partial charge in [-0.15, -0.1) is 0 Å². The van der Waals surface area contributed by atoms with Crippen molar-refractivity contribution in [3.63, 3.8) is 0 Å². The molecule has 2 aliphatic rings. The van der Waals surface area contributed by atoms with Crippen molar-refractivity contribution in [1.82, 2.24) is 0 Å². The van der Waals surface area contributed by atoms with Crippen LogP contribution in [0.3, 0.4) is 0 Å². The van der Waals surface area contributed by atoms with Crippen LogP contribution in [0, 0.1) is 11.7 Å². The predicted molar refractivity (Wildman–Crippen MR) is 136 cm³/mol. The van der Waals surface area contributed by atoms with Gasteiger partial charge in [-0.25, -0.2) is 17.6 Å². The molecule has 1 saturated carbocycles. The Balaban J connectivity index is 1.55. The monoisotopic (exact) mass is 511 g/mol. The second-order valence-electron chi connectivity index (χ2n) is 9.80. The van der Waals surface area contributed by atoms with Crippen molar-refractivity contribution in [1.29, 1.82) is 0 Å². The highest BCUT2D eigenvalue weighted by molar-refractivity contribution is 7.92. The molecule has 1 atom stereocenters. The Kier molecular flexibility index (Phi) is 6.64. The molecule has 5 rings (SSSR count). The van der Waals surface area contributed by atoms with Crippen LogP contribution >= 0.6 is 0 Å². The third-order valence-electron chi connectivity index (χ3n) is 7.36. The molecular weight excluding hydrogens is 481 g/mol. The zero-order valence-electron chi connectivity index (χ0n) is 20.2. The van der Waals surface area contributed by atoms with Gasteiger partial charge in [-0.05, 0) is 80.0 Å². The van der Waals surface area contributed by atoms with Gasteiger partial charge in [0.25, 0.3) is 10.0 Å². The molecule has 2 aromatic carbocycles. The highest BCUT2D eigenvalue weighted by atomic mass is 32.2. The normalized spacial score (nSPS) is 17.1. The predicted octanol–water partition coefficient (Wildman–Crippen LogP) is 5.51. The first-order chi connectivity index (χ1) is 17.3. The van der Waals surface area contributed by atoms with Crippen molar-refractivity contribution in [3.8, 4) is 5.75 Å². The number of hydrogen-bond acceptors (Lipinski definition) is 5. The minimum absolute atomic E-state index is 0.0181. The molecule has 0 spiro atoms. The van der Waals surface area contributed by atoms with E-state index in [-0.39, 0.29) is 28.0 Å². The largest absolute Gasteiger partial charge is 0.507 e. The number of nitrogens with zero attached hydrogens (tertiary/aromatic N) is 1. The molecule has 1 fully saturated rings. The van der Waals surface area contributed by atoms with Gasteiger partial charge in [-0.2, -0.15) is 0 Å². The summed E-state index contributed by atoms with van der Waals surface area (Å²) in [5.41, 5.74) is 1.67. The summed E-state index contributed by atoms with van der Waals surface area (Å²) in [4.78, 5) is 13.2. The molecule has 1 aromatic heterocycles. The van der Waals surface area contributed by atoms with Gasteiger partial charge in [0.1, 0.15) is 17.3 Å². The molecule has 0 amide bonds. The van der Waals surface area contributed by atoms with Crippen LogP contribution in [0.5, 0.6) is 5.75 Å². The maximum Gasteiger partial charge on any atom is 0.343 e. The van der Waals surface area contributed by atoms with Crippen LogP contribution in [-0.2, 0) is 22.9 Å². The van der Waals surface area contributed by atoms with Gasteiger partial charge >= 0.3 is 5.63 Å². The highest BCUT2D eigenvalue weighted by Gasteiger charge is 2.39. The maximum absolute atomic E-state index is 13.3. The standard InChI is InChI=1S/C28H30FNO5S/c1-30(36(33,34)22-15-13-20(29)14-16-22)21-8-6-7-19(17-21)25(18-11-12-18)26-27(31)23-9-4-2-3-5-10-24(23)35-28(26)32/h6-8,13-18,25,31H,2-5,9-12H2,1H3. The number of aromatic hydroxyl groups is 1. The summed E-state index contributed by atoms with van der Waals surface area (Å²) in [5, 5.41) is 11.3. The second kappa shape index (κ2) is 9.73. The van der Waals surface area contributed by atoms with Crippen molar-refractivity contribution in [2.45, 2.75) is 62.2 Å². The van der Waals surface area contributed by atoms with E-state index >= 15 is 0 Å². The van der Waals surface area contributed by atoms with E-state index in [1.807, 2.05) is 6.07 Å². The van der Waals surface area contributed by atoms with Crippen molar-refractivity contribution in [3.05, 3.63) is 87.2 Å². The molecule has 8 heteroatoms. The van der Waals surface area contributed by atoms with Crippen LogP contribution in [-0.4, -0.2) is 20.6 Å². The van der Waals surface area contributed by atoms with E-state index in [2.05, 4.69) is 0 Å². The quantitative estimate of drug-likeness (QED) is 0.472. The summed E-state index contributed by atoms with van der Waals surface area (Å²) in [7, 11) is -2.47. The van der Waals surface area contributed by atoms with Gasteiger partial charge in [0.05, 0.1) is 16.1 Å². The molecule has 6 nitrogen and oxygen atoms in total. The Morgan fingerprint density at radius 3 is 2.42 bits per heavy atom. The van der Waals surface area contributed by atoms with E-state index in [0.717, 1.165) is 66.1 Å². The lowest BCUT2D eigenvalue weighted by Crippen LogP contribution is -2.27. The summed E-state index contributed by atoms with van der Waals surface area (Å²) in [6.45, 7) is 0. The van der Waals surface area contributed by atoms with Gasteiger partial charge in [0, 0.05) is 24.9 Å². The van der Waals surface area contributed by atoms with Crippen molar-refractivity contribution in [2.24, 2.45) is 5.92 Å². The average Bonchev–Trinajstić information content (AvgIpc) is 3.68. The zero-order chi connectivity index (χ0) is 25.4. The summed E-state index contributed by atoms with van der Waals surface area (Å²) in [6.07, 6.45) is 7.17. The lowest BCUT2D eigenvalue weighted by molar-refractivity contribution is 0.382. The number of rotatable bonds is 6. The molecule has 36 heavy (non-hydrogen) atoms. The van der Waals surface area contributed by atoms with Gasteiger partial charge in [0.15, 0.2) is 0 Å². The summed E-state index contributed by atoms with van der Waals surface area (Å²) in [5.74, 6) is -0.105. The molecule has 0 bridgehead atoms. The first kappa shape index (κ1) is 24.6. The summed E-state index contributed by atoms with van der Waals surface area (Å²) < 4.78 is 46.6. The molecule has 0 saturated heterocycles. The Labute approximate surface area is 210 Å². The third kappa shape index (κ3) is 4.66. The number of hydrogen-bond donors (Lipinski definition) is 1. The molecule has 1 unspecified atom stereocenters. The Morgan fingerprint density at radius 1 is 1.03 bits per heavy atom. The Morgan fingerprint density at radius 2 is 1.72 bits per heavy atom. The van der Waals surface area contributed by atoms with E-state index in [4.69, 9.17) is 4.42 Å². The number of sulfonamides is 1. The number of aryl methyl sites for hydroxylation is 1. The van der Waals surface area contributed by atoms with Gasteiger partial charge in [0.2, 0.25) is 0 Å². The number of halogens is 1. The van der Waals surface area contributed by atoms with Gasteiger partial charge in [-0.1, -0.05) is 25.0 Å². The van der Waals surface area contributed by atoms with Crippen molar-refractivity contribution >= 4 is 15.7 Å². The van der Waals surface area contributed by atoms with E-state index < -0.39 is 21.5 Å². The van der Waals surface area contributed by atoms with Crippen LogP contribution in [0.2, 0.25) is 0 Å². The van der Waals surface area contributed by atoms with Crippen LogP contribution in [0.1, 0.15) is 66.9 Å². The average molecular weight is 512 g/mol. The maximum atomic E-state index is 13.3. The van der Waals surface area contributed by atoms with Crippen LogP contribution < -0.4 is 9.93 Å². The third-order valence-corrected chi connectivity index (χ3v) is 9.16. The molecule has 1 N–H and O–H groups in total. The molecule has 2 aliphatic carbocycles. The minimum Gasteiger partial charge on any atom is -0.507 e. The number of benzene rings is 2. The molecule has 0 radical (unpaired) electrons. The van der Waals surface area contributed by atoms with Gasteiger partial charge in [-0.3, -0.25) is 4.31 Å². The summed E-state index contributed by atoms with van der Waals surface area (Å²) >= 11 is 0. The molecule has 0 aliphatic heterocycles. The topological polar surface area (TPSA) is 87.8 Å². The van der Waals surface area contributed by atoms with E-state index in [1.54, 1.807) is 18.2 Å². The fourth-order valence-electron chi connectivity index (χ4n) is 5.22. The lowest BCUT2D eigenvalue weighted by atomic mass is 9.85. The number of anilines is 1. The first-order valence-corrected chi connectivity index (χ1v) is 13.9. The second-order valence-corrected chi connectivity index (χ2v) is 11.8. The molecular formula is C28H30FNO5S. The van der Waals surface area contributed by atoms with E-state index in [0.29, 0.717) is 24.3 Å². The SMILES string of the molecule is CN(c1cccc(C(c2c(O)c3c(oc2=O)CCCCCC3)C2CC2)c1)S(=O)(=O)c1ccc(F)cc1. The van der Waals surface area contributed by atoms with Crippen molar-refractivity contribution < 1.29 is 22.3 Å². The van der Waals surface area contributed by atoms with E-state index in [9.17, 15) is 22.7 Å².